The van der Waals surface area contributed by atoms with Crippen LogP contribution in [0.5, 0.6) is 0 Å². The molecule has 0 saturated heterocycles. The maximum absolute atomic E-state index is 13.3. The lowest BCUT2D eigenvalue weighted by Crippen LogP contribution is -2.22. The Balaban J connectivity index is 1.67. The van der Waals surface area contributed by atoms with Gasteiger partial charge in [-0.15, -0.1) is 0 Å². The summed E-state index contributed by atoms with van der Waals surface area (Å²) in [5.41, 5.74) is 6.86. The zero-order chi connectivity index (χ0) is 22.2. The van der Waals surface area contributed by atoms with Crippen LogP contribution in [0.4, 0.5) is 0 Å². The number of nitrogens with zero attached hydrogens (tertiary/aromatic N) is 4. The Labute approximate surface area is 185 Å². The molecule has 3 heterocycles. The lowest BCUT2D eigenvalue weighted by Gasteiger charge is -2.13. The van der Waals surface area contributed by atoms with Crippen molar-refractivity contribution in [1.29, 1.82) is 0 Å². The summed E-state index contributed by atoms with van der Waals surface area (Å²) in [7, 11) is 0. The fourth-order valence-electron chi connectivity index (χ4n) is 3.32. The van der Waals surface area contributed by atoms with Gasteiger partial charge in [-0.3, -0.25) is 9.59 Å². The van der Waals surface area contributed by atoms with Gasteiger partial charge in [0.1, 0.15) is 11.6 Å². The number of nitrogens with two attached hydrogens (primary N) is 1. The van der Waals surface area contributed by atoms with E-state index in [0.717, 1.165) is 0 Å². The van der Waals surface area contributed by atoms with Crippen LogP contribution < -0.4 is 11.3 Å². The molecule has 5 aromatic rings. The van der Waals surface area contributed by atoms with Crippen LogP contribution in [-0.2, 0) is 0 Å². The van der Waals surface area contributed by atoms with Crippen molar-refractivity contribution in [3.63, 3.8) is 0 Å². The monoisotopic (exact) mass is 443 g/mol. The Morgan fingerprint density at radius 3 is 2.38 bits per heavy atom. The maximum Gasteiger partial charge on any atom is 0.286 e. The number of hydrogen-bond acceptors (Lipinski definition) is 6. The van der Waals surface area contributed by atoms with E-state index >= 15 is 0 Å². The number of halogens is 1. The number of aromatic nitrogens is 4. The van der Waals surface area contributed by atoms with Crippen LogP contribution in [0.25, 0.3) is 39.6 Å². The number of rotatable bonds is 4. The van der Waals surface area contributed by atoms with E-state index in [1.165, 1.54) is 17.0 Å². The smallest absolute Gasteiger partial charge is 0.286 e. The number of benzene rings is 2. The molecule has 0 bridgehead atoms. The van der Waals surface area contributed by atoms with Crippen LogP contribution in [0, 0.1) is 0 Å². The number of hydrogen-bond donors (Lipinski definition) is 1. The Morgan fingerprint density at radius 1 is 0.938 bits per heavy atom. The minimum Gasteiger partial charge on any atom is -0.431 e. The van der Waals surface area contributed by atoms with Gasteiger partial charge in [0.25, 0.3) is 11.5 Å². The third-order valence-corrected chi connectivity index (χ3v) is 5.08. The molecule has 156 valence electrons. The zero-order valence-corrected chi connectivity index (χ0v) is 17.2. The summed E-state index contributed by atoms with van der Waals surface area (Å²) in [6.45, 7) is 0. The fraction of sp³-hybridized carbons (Fsp3) is 0. The van der Waals surface area contributed by atoms with Gasteiger partial charge in [0.2, 0.25) is 11.7 Å². The first-order valence-electron chi connectivity index (χ1n) is 9.51. The van der Waals surface area contributed by atoms with Gasteiger partial charge >= 0.3 is 0 Å². The summed E-state index contributed by atoms with van der Waals surface area (Å²) in [4.78, 5) is 37.7. The second-order valence-corrected chi connectivity index (χ2v) is 7.34. The van der Waals surface area contributed by atoms with Gasteiger partial charge in [-0.2, -0.15) is 0 Å². The molecule has 0 atom stereocenters. The molecular weight excluding hydrogens is 430 g/mol. The molecule has 8 nitrogen and oxygen atoms in total. The fourth-order valence-corrected chi connectivity index (χ4v) is 3.43. The molecular formula is C23H14ClN5O3. The van der Waals surface area contributed by atoms with Crippen LogP contribution in [0.3, 0.4) is 0 Å². The second kappa shape index (κ2) is 7.75. The molecule has 5 rings (SSSR count). The highest BCUT2D eigenvalue weighted by Gasteiger charge is 2.16. The first kappa shape index (κ1) is 19.7. The average molecular weight is 444 g/mol. The van der Waals surface area contributed by atoms with Crippen LogP contribution in [0.1, 0.15) is 10.6 Å². The van der Waals surface area contributed by atoms with Gasteiger partial charge in [-0.05, 0) is 36.4 Å². The number of carbonyl (C=O) groups is 1. The van der Waals surface area contributed by atoms with Gasteiger partial charge in [0, 0.05) is 17.3 Å². The molecule has 0 fully saturated rings. The molecule has 0 unspecified atom stereocenters. The van der Waals surface area contributed by atoms with Crippen molar-refractivity contribution in [3.8, 4) is 28.7 Å². The Hall–Kier alpha value is -4.30. The van der Waals surface area contributed by atoms with E-state index in [0.29, 0.717) is 38.7 Å². The van der Waals surface area contributed by atoms with Crippen LogP contribution in [0.15, 0.2) is 82.3 Å². The summed E-state index contributed by atoms with van der Waals surface area (Å²) < 4.78 is 6.83. The molecule has 2 N–H and O–H groups in total. The molecule has 32 heavy (non-hydrogen) atoms. The molecule has 0 radical (unpaired) electrons. The highest BCUT2D eigenvalue weighted by atomic mass is 35.5. The third-order valence-electron chi connectivity index (χ3n) is 4.86. The number of amides is 1. The van der Waals surface area contributed by atoms with E-state index in [-0.39, 0.29) is 17.2 Å². The maximum atomic E-state index is 13.3. The predicted octanol–water partition coefficient (Wildman–Crippen LogP) is 3.86. The van der Waals surface area contributed by atoms with Crippen LogP contribution >= 0.6 is 11.6 Å². The summed E-state index contributed by atoms with van der Waals surface area (Å²) >= 11 is 5.98. The SMILES string of the molecule is NC(=O)c1cnc(-c2ccc(-c3nc4ccccc4c(=O)n3-c3ccc(Cl)cn3)cc2)o1. The van der Waals surface area contributed by atoms with Gasteiger partial charge in [-0.25, -0.2) is 19.5 Å². The molecule has 3 aromatic heterocycles. The minimum atomic E-state index is -0.694. The van der Waals surface area contributed by atoms with E-state index in [1.54, 1.807) is 54.6 Å². The molecule has 0 aliphatic heterocycles. The van der Waals surface area contributed by atoms with Gasteiger partial charge in [0.05, 0.1) is 22.1 Å². The topological polar surface area (TPSA) is 117 Å². The summed E-state index contributed by atoms with van der Waals surface area (Å²) in [5, 5.41) is 0.936. The lowest BCUT2D eigenvalue weighted by molar-refractivity contribution is 0.0974. The molecule has 0 saturated carbocycles. The van der Waals surface area contributed by atoms with Gasteiger partial charge in [0.15, 0.2) is 0 Å². The van der Waals surface area contributed by atoms with Gasteiger partial charge < -0.3 is 10.2 Å². The predicted molar refractivity (Wildman–Crippen MR) is 120 cm³/mol. The summed E-state index contributed by atoms with van der Waals surface area (Å²) in [6.07, 6.45) is 2.75. The molecule has 2 aromatic carbocycles. The second-order valence-electron chi connectivity index (χ2n) is 6.90. The zero-order valence-electron chi connectivity index (χ0n) is 16.4. The highest BCUT2D eigenvalue weighted by molar-refractivity contribution is 6.30. The molecule has 0 spiro atoms. The van der Waals surface area contributed by atoms with Crippen molar-refractivity contribution in [2.75, 3.05) is 0 Å². The number of primary amides is 1. The summed E-state index contributed by atoms with van der Waals surface area (Å²) in [6, 6.07) is 17.5. The quantitative estimate of drug-likeness (QED) is 0.450. The standard InChI is InChI=1S/C23H14ClN5O3/c24-15-9-10-19(26-11-15)29-21(28-17-4-2-1-3-16(17)23(29)31)13-5-7-14(8-6-13)22-27-12-18(32-22)20(25)30/h1-12H,(H2,25,30). The molecule has 0 aliphatic carbocycles. The van der Waals surface area contributed by atoms with Gasteiger partial charge in [-0.1, -0.05) is 35.9 Å². The first-order valence-corrected chi connectivity index (χ1v) is 9.89. The summed E-state index contributed by atoms with van der Waals surface area (Å²) in [5.74, 6) is 0.354. The average Bonchev–Trinajstić information content (AvgIpc) is 3.31. The van der Waals surface area contributed by atoms with Crippen LogP contribution in [0.2, 0.25) is 5.02 Å². The molecule has 0 aliphatic rings. The Kier molecular flexibility index (Phi) is 4.76. The van der Waals surface area contributed by atoms with Crippen molar-refractivity contribution in [2.24, 2.45) is 5.73 Å². The van der Waals surface area contributed by atoms with Crippen molar-refractivity contribution in [3.05, 3.63) is 94.2 Å². The van der Waals surface area contributed by atoms with E-state index < -0.39 is 5.91 Å². The van der Waals surface area contributed by atoms with E-state index in [4.69, 9.17) is 26.7 Å². The Morgan fingerprint density at radius 2 is 1.69 bits per heavy atom. The third kappa shape index (κ3) is 3.42. The normalized spacial score (nSPS) is 11.0. The van der Waals surface area contributed by atoms with Crippen molar-refractivity contribution in [2.45, 2.75) is 0 Å². The van der Waals surface area contributed by atoms with Crippen LogP contribution in [-0.4, -0.2) is 25.4 Å². The minimum absolute atomic E-state index is 0.0251. The largest absolute Gasteiger partial charge is 0.431 e. The lowest BCUT2D eigenvalue weighted by atomic mass is 10.1. The highest BCUT2D eigenvalue weighted by Crippen LogP contribution is 2.26. The Bertz CT molecular complexity index is 1520. The number of para-hydroxylation sites is 1. The molecule has 1 amide bonds. The number of carbonyl (C=O) groups excluding carboxylic acids is 1. The van der Waals surface area contributed by atoms with Crippen molar-refractivity contribution in [1.82, 2.24) is 19.5 Å². The number of pyridine rings is 1. The van der Waals surface area contributed by atoms with E-state index in [2.05, 4.69) is 9.97 Å². The number of oxazole rings is 1. The molecule has 9 heteroatoms. The van der Waals surface area contributed by atoms with E-state index in [9.17, 15) is 9.59 Å². The van der Waals surface area contributed by atoms with Crippen molar-refractivity contribution >= 4 is 28.4 Å². The van der Waals surface area contributed by atoms with Crippen molar-refractivity contribution < 1.29 is 9.21 Å². The first-order chi connectivity index (χ1) is 15.5. The number of fused-ring (bicyclic) bond motifs is 1. The van der Waals surface area contributed by atoms with E-state index in [1.807, 2.05) is 6.07 Å².